The van der Waals surface area contributed by atoms with Gasteiger partial charge in [-0.3, -0.25) is 0 Å². The topological polar surface area (TPSA) is 36.4 Å². The summed E-state index contributed by atoms with van der Waals surface area (Å²) in [6.07, 6.45) is 5.06. The fraction of sp³-hybridized carbons (Fsp3) is 0.786. The van der Waals surface area contributed by atoms with Gasteiger partial charge in [-0.25, -0.2) is 4.98 Å². The van der Waals surface area contributed by atoms with Crippen LogP contribution in [0, 0.1) is 5.41 Å². The van der Waals surface area contributed by atoms with Gasteiger partial charge in [-0.2, -0.15) is 0 Å². The van der Waals surface area contributed by atoms with Crippen molar-refractivity contribution in [3.63, 3.8) is 0 Å². The molecule has 0 unspecified atom stereocenters. The molecule has 1 aliphatic carbocycles. The van der Waals surface area contributed by atoms with E-state index >= 15 is 0 Å². The molecular formula is C14H22N2OS. The van der Waals surface area contributed by atoms with Crippen molar-refractivity contribution >= 4 is 16.5 Å². The van der Waals surface area contributed by atoms with E-state index in [9.17, 15) is 5.11 Å². The highest BCUT2D eigenvalue weighted by atomic mass is 32.1. The summed E-state index contributed by atoms with van der Waals surface area (Å²) in [4.78, 5) is 8.33. The van der Waals surface area contributed by atoms with E-state index in [2.05, 4.69) is 18.7 Å². The summed E-state index contributed by atoms with van der Waals surface area (Å²) < 4.78 is 0. The molecule has 2 fully saturated rings. The van der Waals surface area contributed by atoms with Crippen molar-refractivity contribution in [2.24, 2.45) is 5.41 Å². The molecule has 2 aliphatic rings. The first-order valence-corrected chi connectivity index (χ1v) is 7.76. The molecule has 0 spiro atoms. The van der Waals surface area contributed by atoms with Gasteiger partial charge in [-0.05, 0) is 31.1 Å². The lowest BCUT2D eigenvalue weighted by Crippen LogP contribution is -2.40. The molecule has 0 radical (unpaired) electrons. The molecule has 4 heteroatoms. The maximum absolute atomic E-state index is 9.46. The lowest BCUT2D eigenvalue weighted by atomic mass is 9.84. The van der Waals surface area contributed by atoms with Gasteiger partial charge in [-0.1, -0.05) is 25.2 Å². The largest absolute Gasteiger partial charge is 0.391 e. The monoisotopic (exact) mass is 266 g/mol. The molecule has 2 heterocycles. The highest BCUT2D eigenvalue weighted by Crippen LogP contribution is 2.45. The van der Waals surface area contributed by atoms with Crippen LogP contribution in [0.3, 0.4) is 0 Å². The Kier molecular flexibility index (Phi) is 3.10. The van der Waals surface area contributed by atoms with E-state index in [1.165, 1.54) is 31.4 Å². The molecular weight excluding hydrogens is 244 g/mol. The molecule has 0 aromatic carbocycles. The molecule has 1 saturated heterocycles. The molecule has 0 amide bonds. The van der Waals surface area contributed by atoms with Crippen LogP contribution in [0.2, 0.25) is 0 Å². The first-order valence-electron chi connectivity index (χ1n) is 6.94. The number of aliphatic hydroxyl groups is 1. The number of hydrogen-bond donors (Lipinski definition) is 1. The summed E-state index contributed by atoms with van der Waals surface area (Å²) in [6, 6.07) is 0. The second-order valence-electron chi connectivity index (χ2n) is 6.43. The normalized spacial score (nSPS) is 23.4. The summed E-state index contributed by atoms with van der Waals surface area (Å²) in [5.41, 5.74) is 1.57. The number of aromatic nitrogens is 1. The van der Waals surface area contributed by atoms with Gasteiger partial charge in [0.25, 0.3) is 0 Å². The van der Waals surface area contributed by atoms with Gasteiger partial charge in [0.05, 0.1) is 17.2 Å². The third kappa shape index (κ3) is 2.41. The Morgan fingerprint density at radius 1 is 1.44 bits per heavy atom. The number of anilines is 1. The number of rotatable bonds is 3. The predicted molar refractivity (Wildman–Crippen MR) is 75.2 cm³/mol. The average molecular weight is 266 g/mol. The fourth-order valence-electron chi connectivity index (χ4n) is 2.86. The molecule has 18 heavy (non-hydrogen) atoms. The lowest BCUT2D eigenvalue weighted by Gasteiger charge is -2.37. The number of piperidine rings is 1. The Bertz CT molecular complexity index is 437. The Morgan fingerprint density at radius 3 is 2.83 bits per heavy atom. The van der Waals surface area contributed by atoms with Crippen LogP contribution >= 0.6 is 11.3 Å². The zero-order valence-corrected chi connectivity index (χ0v) is 12.1. The molecule has 1 saturated carbocycles. The number of aliphatic hydroxyl groups excluding tert-OH is 1. The van der Waals surface area contributed by atoms with Crippen LogP contribution in [0.1, 0.15) is 56.0 Å². The van der Waals surface area contributed by atoms with E-state index in [0.717, 1.165) is 23.1 Å². The number of nitrogens with zero attached hydrogens (tertiary/aromatic N) is 2. The molecule has 1 aliphatic heterocycles. The average Bonchev–Trinajstić information content (AvgIpc) is 3.07. The van der Waals surface area contributed by atoms with Crippen molar-refractivity contribution in [1.82, 2.24) is 4.98 Å². The zero-order valence-electron chi connectivity index (χ0n) is 11.3. The van der Waals surface area contributed by atoms with Crippen LogP contribution in [0.4, 0.5) is 5.13 Å². The van der Waals surface area contributed by atoms with Gasteiger partial charge in [-0.15, -0.1) is 0 Å². The van der Waals surface area contributed by atoms with Crippen molar-refractivity contribution in [2.45, 2.75) is 52.1 Å². The van der Waals surface area contributed by atoms with Gasteiger partial charge in [0.1, 0.15) is 0 Å². The maximum atomic E-state index is 9.46. The van der Waals surface area contributed by atoms with E-state index in [4.69, 9.17) is 4.98 Å². The second kappa shape index (κ2) is 4.49. The number of hydrogen-bond acceptors (Lipinski definition) is 4. The van der Waals surface area contributed by atoms with Crippen LogP contribution in [-0.2, 0) is 6.61 Å². The summed E-state index contributed by atoms with van der Waals surface area (Å²) in [5.74, 6) is 0.634. The summed E-state index contributed by atoms with van der Waals surface area (Å²) in [7, 11) is 0. The van der Waals surface area contributed by atoms with Gasteiger partial charge in [0, 0.05) is 19.0 Å². The SMILES string of the molecule is CC1(C)CCCN(c2nc(C3CC3)c(CO)s2)C1. The van der Waals surface area contributed by atoms with E-state index in [1.54, 1.807) is 11.3 Å². The standard InChI is InChI=1S/C14H22N2OS/c1-14(2)6-3-7-16(9-14)13-15-12(10-4-5-10)11(8-17)18-13/h10,17H,3-9H2,1-2H3. The van der Waals surface area contributed by atoms with Crippen LogP contribution in [-0.4, -0.2) is 23.2 Å². The Balaban J connectivity index is 1.83. The Labute approximate surface area is 113 Å². The van der Waals surface area contributed by atoms with Gasteiger partial charge < -0.3 is 10.0 Å². The van der Waals surface area contributed by atoms with Crippen LogP contribution in [0.5, 0.6) is 0 Å². The maximum Gasteiger partial charge on any atom is 0.185 e. The second-order valence-corrected chi connectivity index (χ2v) is 7.49. The van der Waals surface area contributed by atoms with E-state index in [-0.39, 0.29) is 6.61 Å². The van der Waals surface area contributed by atoms with Crippen molar-refractivity contribution in [3.8, 4) is 0 Å². The minimum Gasteiger partial charge on any atom is -0.391 e. The first kappa shape index (κ1) is 12.4. The third-order valence-electron chi connectivity index (χ3n) is 3.99. The quantitative estimate of drug-likeness (QED) is 0.913. The molecule has 0 bridgehead atoms. The highest BCUT2D eigenvalue weighted by Gasteiger charge is 2.32. The minimum atomic E-state index is 0.154. The molecule has 1 aromatic heterocycles. The Hall–Kier alpha value is -0.610. The lowest BCUT2D eigenvalue weighted by molar-refractivity contribution is 0.284. The van der Waals surface area contributed by atoms with E-state index < -0.39 is 0 Å². The first-order chi connectivity index (χ1) is 8.59. The molecule has 3 rings (SSSR count). The molecule has 1 N–H and O–H groups in total. The summed E-state index contributed by atoms with van der Waals surface area (Å²) in [6.45, 7) is 7.03. The Morgan fingerprint density at radius 2 is 2.22 bits per heavy atom. The molecule has 3 nitrogen and oxygen atoms in total. The summed E-state index contributed by atoms with van der Waals surface area (Å²) >= 11 is 1.70. The molecule has 100 valence electrons. The highest BCUT2D eigenvalue weighted by molar-refractivity contribution is 7.15. The molecule has 0 atom stereocenters. The van der Waals surface area contributed by atoms with Gasteiger partial charge in [0.15, 0.2) is 5.13 Å². The third-order valence-corrected chi connectivity index (χ3v) is 5.11. The van der Waals surface area contributed by atoms with Crippen LogP contribution in [0.15, 0.2) is 0 Å². The van der Waals surface area contributed by atoms with E-state index in [0.29, 0.717) is 11.3 Å². The van der Waals surface area contributed by atoms with Crippen molar-refractivity contribution in [1.29, 1.82) is 0 Å². The molecule has 1 aromatic rings. The number of thiazole rings is 1. The smallest absolute Gasteiger partial charge is 0.185 e. The summed E-state index contributed by atoms with van der Waals surface area (Å²) in [5, 5.41) is 10.6. The van der Waals surface area contributed by atoms with Crippen molar-refractivity contribution < 1.29 is 5.11 Å². The van der Waals surface area contributed by atoms with Gasteiger partial charge >= 0.3 is 0 Å². The predicted octanol–water partition coefficient (Wildman–Crippen LogP) is 3.14. The minimum absolute atomic E-state index is 0.154. The van der Waals surface area contributed by atoms with Gasteiger partial charge in [0.2, 0.25) is 0 Å². The zero-order chi connectivity index (χ0) is 12.8. The van der Waals surface area contributed by atoms with E-state index in [1.807, 2.05) is 0 Å². The van der Waals surface area contributed by atoms with Crippen molar-refractivity contribution in [2.75, 3.05) is 18.0 Å². The fourth-order valence-corrected chi connectivity index (χ4v) is 3.89. The van der Waals surface area contributed by atoms with Crippen LogP contribution < -0.4 is 4.90 Å². The van der Waals surface area contributed by atoms with Crippen molar-refractivity contribution in [3.05, 3.63) is 10.6 Å². The van der Waals surface area contributed by atoms with Crippen LogP contribution in [0.25, 0.3) is 0 Å².